The summed E-state index contributed by atoms with van der Waals surface area (Å²) in [5.74, 6) is 2.38. The highest BCUT2D eigenvalue weighted by molar-refractivity contribution is 7.89. The van der Waals surface area contributed by atoms with E-state index in [0.717, 1.165) is 37.0 Å². The SMILES string of the molecule is Cc1ccc(C(=O)NC(C)C23CC4CC(CC(C4)C2)C3)cc1S(=O)(=O)N1CCCCC1. The quantitative estimate of drug-likeness (QED) is 0.727. The van der Waals surface area contributed by atoms with Gasteiger partial charge in [0.1, 0.15) is 0 Å². The zero-order chi connectivity index (χ0) is 21.8. The van der Waals surface area contributed by atoms with Crippen LogP contribution in [-0.4, -0.2) is 37.8 Å². The molecule has 0 radical (unpaired) electrons. The van der Waals surface area contributed by atoms with Gasteiger partial charge in [-0.1, -0.05) is 12.5 Å². The van der Waals surface area contributed by atoms with Crippen LogP contribution < -0.4 is 5.32 Å². The molecule has 1 saturated heterocycles. The standard InChI is InChI=1S/C25H36N2O3S/c1-17-6-7-22(13-23(17)31(29,30)27-8-4-3-5-9-27)24(28)26-18(2)25-14-19-10-20(15-25)12-21(11-19)16-25/h6-7,13,18-21H,3-5,8-12,14-16H2,1-2H3,(H,26,28). The lowest BCUT2D eigenvalue weighted by Gasteiger charge is -2.59. The van der Waals surface area contributed by atoms with Crippen LogP contribution in [0, 0.1) is 30.1 Å². The van der Waals surface area contributed by atoms with Crippen molar-refractivity contribution in [2.45, 2.75) is 82.6 Å². The first-order valence-electron chi connectivity index (χ1n) is 12.2. The third kappa shape index (κ3) is 3.84. The largest absolute Gasteiger partial charge is 0.349 e. The molecule has 1 amide bonds. The third-order valence-corrected chi connectivity index (χ3v) is 10.8. The highest BCUT2D eigenvalue weighted by Crippen LogP contribution is 2.61. The predicted octanol–water partition coefficient (Wildman–Crippen LogP) is 4.50. The molecule has 170 valence electrons. The van der Waals surface area contributed by atoms with Crippen LogP contribution in [0.2, 0.25) is 0 Å². The van der Waals surface area contributed by atoms with Crippen LogP contribution in [0.4, 0.5) is 0 Å². The number of nitrogens with one attached hydrogen (secondary N) is 1. The molecular formula is C25H36N2O3S. The molecule has 1 aromatic rings. The van der Waals surface area contributed by atoms with E-state index in [1.807, 2.05) is 6.92 Å². The van der Waals surface area contributed by atoms with Crippen LogP contribution in [0.15, 0.2) is 23.1 Å². The fourth-order valence-corrected chi connectivity index (χ4v) is 9.17. The van der Waals surface area contributed by atoms with Crippen LogP contribution in [0.1, 0.15) is 80.6 Å². The smallest absolute Gasteiger partial charge is 0.251 e. The summed E-state index contributed by atoms with van der Waals surface area (Å²) >= 11 is 0. The lowest BCUT2D eigenvalue weighted by molar-refractivity contribution is -0.0688. The first-order valence-corrected chi connectivity index (χ1v) is 13.6. The maximum absolute atomic E-state index is 13.2. The first kappa shape index (κ1) is 21.4. The molecule has 5 nitrogen and oxygen atoms in total. The van der Waals surface area contributed by atoms with Gasteiger partial charge in [0.05, 0.1) is 4.90 Å². The number of carbonyl (C=O) groups excluding carboxylic acids is 1. The Balaban J connectivity index is 1.35. The molecule has 4 bridgehead atoms. The number of carbonyl (C=O) groups is 1. The van der Waals surface area contributed by atoms with Crippen molar-refractivity contribution >= 4 is 15.9 Å². The number of piperidine rings is 1. The average molecular weight is 445 g/mol. The molecule has 0 spiro atoms. The Hall–Kier alpha value is -1.40. The monoisotopic (exact) mass is 444 g/mol. The molecule has 4 aliphatic carbocycles. The van der Waals surface area contributed by atoms with Crippen molar-refractivity contribution in [3.8, 4) is 0 Å². The van der Waals surface area contributed by atoms with Gasteiger partial charge in [0.2, 0.25) is 10.0 Å². The fourth-order valence-electron chi connectivity index (χ4n) is 7.40. The number of benzene rings is 1. The van der Waals surface area contributed by atoms with Crippen molar-refractivity contribution in [3.63, 3.8) is 0 Å². The van der Waals surface area contributed by atoms with E-state index in [1.165, 1.54) is 38.5 Å². The Labute approximate surface area is 187 Å². The summed E-state index contributed by atoms with van der Waals surface area (Å²) in [4.78, 5) is 13.5. The minimum Gasteiger partial charge on any atom is -0.349 e. The Bertz CT molecular complexity index is 930. The van der Waals surface area contributed by atoms with Gasteiger partial charge in [-0.05, 0) is 106 Å². The molecule has 1 atom stereocenters. The summed E-state index contributed by atoms with van der Waals surface area (Å²) in [6, 6.07) is 5.27. The lowest BCUT2D eigenvalue weighted by atomic mass is 9.48. The lowest BCUT2D eigenvalue weighted by Crippen LogP contribution is -2.55. The summed E-state index contributed by atoms with van der Waals surface area (Å²) in [5.41, 5.74) is 1.40. The van der Waals surface area contributed by atoms with Gasteiger partial charge in [0.15, 0.2) is 0 Å². The molecule has 1 aliphatic heterocycles. The average Bonchev–Trinajstić information content (AvgIpc) is 2.73. The zero-order valence-electron chi connectivity index (χ0n) is 18.9. The maximum Gasteiger partial charge on any atom is 0.251 e. The number of amides is 1. The molecule has 5 aliphatic rings. The summed E-state index contributed by atoms with van der Waals surface area (Å²) in [7, 11) is -3.56. The highest BCUT2D eigenvalue weighted by atomic mass is 32.2. The second-order valence-corrected chi connectivity index (χ2v) is 12.8. The Morgan fingerprint density at radius 2 is 1.61 bits per heavy atom. The second-order valence-electron chi connectivity index (χ2n) is 10.9. The first-order chi connectivity index (χ1) is 14.8. The fraction of sp³-hybridized carbons (Fsp3) is 0.720. The molecule has 6 rings (SSSR count). The van der Waals surface area contributed by atoms with Crippen LogP contribution in [0.3, 0.4) is 0 Å². The summed E-state index contributed by atoms with van der Waals surface area (Å²) in [5, 5.41) is 3.28. The third-order valence-electron chi connectivity index (χ3n) is 8.73. The predicted molar refractivity (Wildman–Crippen MR) is 121 cm³/mol. The molecule has 5 fully saturated rings. The summed E-state index contributed by atoms with van der Waals surface area (Å²) in [6.45, 7) is 5.13. The van der Waals surface area contributed by atoms with Gasteiger partial charge in [-0.3, -0.25) is 4.79 Å². The Morgan fingerprint density at radius 3 is 2.19 bits per heavy atom. The van der Waals surface area contributed by atoms with E-state index in [-0.39, 0.29) is 22.3 Å². The molecular weight excluding hydrogens is 408 g/mol. The van der Waals surface area contributed by atoms with Crippen molar-refractivity contribution < 1.29 is 13.2 Å². The van der Waals surface area contributed by atoms with Crippen molar-refractivity contribution in [1.82, 2.24) is 9.62 Å². The van der Waals surface area contributed by atoms with E-state index in [1.54, 1.807) is 22.5 Å². The Kier molecular flexibility index (Phi) is 5.45. The van der Waals surface area contributed by atoms with Gasteiger partial charge < -0.3 is 5.32 Å². The molecule has 6 heteroatoms. The van der Waals surface area contributed by atoms with Gasteiger partial charge >= 0.3 is 0 Å². The number of hydrogen-bond acceptors (Lipinski definition) is 3. The number of hydrogen-bond donors (Lipinski definition) is 1. The molecule has 1 heterocycles. The van der Waals surface area contributed by atoms with E-state index < -0.39 is 10.0 Å². The molecule has 1 unspecified atom stereocenters. The summed E-state index contributed by atoms with van der Waals surface area (Å²) < 4.78 is 28.0. The normalized spacial score (nSPS) is 33.9. The zero-order valence-corrected chi connectivity index (χ0v) is 19.7. The van der Waals surface area contributed by atoms with Gasteiger partial charge in [-0.25, -0.2) is 8.42 Å². The van der Waals surface area contributed by atoms with E-state index in [0.29, 0.717) is 24.2 Å². The van der Waals surface area contributed by atoms with Crippen LogP contribution >= 0.6 is 0 Å². The van der Waals surface area contributed by atoms with Gasteiger partial charge in [-0.2, -0.15) is 4.31 Å². The van der Waals surface area contributed by atoms with E-state index in [2.05, 4.69) is 12.2 Å². The molecule has 0 aromatic heterocycles. The van der Waals surface area contributed by atoms with Gasteiger partial charge in [0.25, 0.3) is 5.91 Å². The minimum absolute atomic E-state index is 0.122. The number of sulfonamides is 1. The molecule has 4 saturated carbocycles. The van der Waals surface area contributed by atoms with E-state index in [9.17, 15) is 13.2 Å². The van der Waals surface area contributed by atoms with Crippen molar-refractivity contribution in [1.29, 1.82) is 0 Å². The highest BCUT2D eigenvalue weighted by Gasteiger charge is 2.53. The number of nitrogens with zero attached hydrogens (tertiary/aromatic N) is 1. The maximum atomic E-state index is 13.2. The van der Waals surface area contributed by atoms with Gasteiger partial charge in [0, 0.05) is 24.7 Å². The van der Waals surface area contributed by atoms with Crippen molar-refractivity contribution in [2.75, 3.05) is 13.1 Å². The van der Waals surface area contributed by atoms with Crippen molar-refractivity contribution in [3.05, 3.63) is 29.3 Å². The minimum atomic E-state index is -3.56. The van der Waals surface area contributed by atoms with Crippen LogP contribution in [0.25, 0.3) is 0 Å². The number of aryl methyl sites for hydroxylation is 1. The molecule has 31 heavy (non-hydrogen) atoms. The second kappa shape index (κ2) is 7.87. The Morgan fingerprint density at radius 1 is 1.03 bits per heavy atom. The van der Waals surface area contributed by atoms with E-state index in [4.69, 9.17) is 0 Å². The van der Waals surface area contributed by atoms with Crippen LogP contribution in [0.5, 0.6) is 0 Å². The molecule has 1 aromatic carbocycles. The van der Waals surface area contributed by atoms with Crippen molar-refractivity contribution in [2.24, 2.45) is 23.2 Å². The topological polar surface area (TPSA) is 66.5 Å². The number of rotatable bonds is 5. The summed E-state index contributed by atoms with van der Waals surface area (Å²) in [6.07, 6.45) is 10.8. The molecule has 1 N–H and O–H groups in total. The van der Waals surface area contributed by atoms with Gasteiger partial charge in [-0.15, -0.1) is 0 Å². The van der Waals surface area contributed by atoms with E-state index >= 15 is 0 Å². The van der Waals surface area contributed by atoms with Crippen LogP contribution in [-0.2, 0) is 10.0 Å².